The van der Waals surface area contributed by atoms with Gasteiger partial charge in [-0.05, 0) is 43.4 Å². The van der Waals surface area contributed by atoms with Gasteiger partial charge in [0.05, 0.1) is 0 Å². The van der Waals surface area contributed by atoms with Crippen LogP contribution in [0.15, 0.2) is 41.3 Å². The van der Waals surface area contributed by atoms with E-state index >= 15 is 0 Å². The van der Waals surface area contributed by atoms with Gasteiger partial charge in [-0.3, -0.25) is 9.36 Å². The summed E-state index contributed by atoms with van der Waals surface area (Å²) in [5.74, 6) is 0.579. The number of unbranched alkanes of at least 4 members (excludes halogenated alkanes) is 1. The van der Waals surface area contributed by atoms with E-state index in [1.165, 1.54) is 0 Å². The van der Waals surface area contributed by atoms with E-state index in [-0.39, 0.29) is 11.6 Å². The molecule has 1 N–H and O–H groups in total. The normalized spacial score (nSPS) is 15.0. The number of anilines is 1. The summed E-state index contributed by atoms with van der Waals surface area (Å²) in [4.78, 5) is 22.9. The summed E-state index contributed by atoms with van der Waals surface area (Å²) in [5, 5.41) is 4.17. The van der Waals surface area contributed by atoms with E-state index in [1.54, 1.807) is 0 Å². The molecule has 0 spiro atoms. The molecule has 0 atom stereocenters. The Morgan fingerprint density at radius 2 is 2.00 bits per heavy atom. The lowest BCUT2D eigenvalue weighted by atomic mass is 10.00. The van der Waals surface area contributed by atoms with Gasteiger partial charge in [0, 0.05) is 42.9 Å². The minimum Gasteiger partial charge on any atom is -0.381 e. The molecule has 1 aliphatic heterocycles. The van der Waals surface area contributed by atoms with Crippen molar-refractivity contribution in [2.75, 3.05) is 25.1 Å². The van der Waals surface area contributed by atoms with Gasteiger partial charge in [0.1, 0.15) is 5.65 Å². The monoisotopic (exact) mass is 392 g/mol. The van der Waals surface area contributed by atoms with E-state index in [1.807, 2.05) is 48.0 Å². The van der Waals surface area contributed by atoms with Crippen molar-refractivity contribution in [3.05, 3.63) is 52.4 Å². The Morgan fingerprint density at radius 3 is 2.76 bits per heavy atom. The molecular weight excluding hydrogens is 364 g/mol. The Balaban J connectivity index is 1.89. The molecule has 1 aromatic carbocycles. The number of pyridine rings is 1. The average molecular weight is 393 g/mol. The van der Waals surface area contributed by atoms with Crippen molar-refractivity contribution in [3.8, 4) is 11.1 Å². The van der Waals surface area contributed by atoms with E-state index in [9.17, 15) is 4.79 Å². The van der Waals surface area contributed by atoms with Gasteiger partial charge in [0.25, 0.3) is 5.56 Å². The molecule has 3 heterocycles. The molecule has 0 radical (unpaired) electrons. The Morgan fingerprint density at radius 1 is 1.21 bits per heavy atom. The van der Waals surface area contributed by atoms with Crippen molar-refractivity contribution < 1.29 is 4.74 Å². The predicted octanol–water partition coefficient (Wildman–Crippen LogP) is 4.33. The number of nitrogens with one attached hydrogen (secondary N) is 1. The van der Waals surface area contributed by atoms with Gasteiger partial charge in [0.15, 0.2) is 0 Å². The quantitative estimate of drug-likeness (QED) is 0.632. The standard InChI is InChI=1S/C23H28N4O2/c1-3-4-11-24-23-25-15-17-14-20(19-8-6-5-7-16(19)2)22(28)27(21(17)26-23)18-9-12-29-13-10-18/h5-8,14-15,18H,3-4,9-13H2,1-2H3,(H,24,25,26). The smallest absolute Gasteiger partial charge is 0.260 e. The van der Waals surface area contributed by atoms with Gasteiger partial charge in [-0.15, -0.1) is 0 Å². The second kappa shape index (κ2) is 8.74. The lowest BCUT2D eigenvalue weighted by Crippen LogP contribution is -2.31. The molecule has 0 unspecified atom stereocenters. The fourth-order valence-corrected chi connectivity index (χ4v) is 3.93. The zero-order valence-corrected chi connectivity index (χ0v) is 17.1. The van der Waals surface area contributed by atoms with Crippen LogP contribution in [0.2, 0.25) is 0 Å². The van der Waals surface area contributed by atoms with Gasteiger partial charge in [-0.25, -0.2) is 4.98 Å². The maximum Gasteiger partial charge on any atom is 0.260 e. The molecule has 0 amide bonds. The largest absolute Gasteiger partial charge is 0.381 e. The highest BCUT2D eigenvalue weighted by molar-refractivity contribution is 5.82. The number of benzene rings is 1. The third-order valence-electron chi connectivity index (χ3n) is 5.58. The number of rotatable bonds is 6. The van der Waals surface area contributed by atoms with Crippen LogP contribution in [-0.2, 0) is 4.74 Å². The zero-order chi connectivity index (χ0) is 20.2. The molecule has 1 saturated heterocycles. The third kappa shape index (κ3) is 4.03. The fraction of sp³-hybridized carbons (Fsp3) is 0.435. The van der Waals surface area contributed by atoms with E-state index in [0.717, 1.165) is 48.7 Å². The molecule has 0 aliphatic carbocycles. The number of nitrogens with zero attached hydrogens (tertiary/aromatic N) is 3. The molecule has 2 aromatic heterocycles. The highest BCUT2D eigenvalue weighted by Crippen LogP contribution is 2.28. The Bertz CT molecular complexity index is 1050. The molecule has 3 aromatic rings. The molecule has 6 nitrogen and oxygen atoms in total. The first-order valence-electron chi connectivity index (χ1n) is 10.5. The third-order valence-corrected chi connectivity index (χ3v) is 5.58. The van der Waals surface area contributed by atoms with E-state index < -0.39 is 0 Å². The summed E-state index contributed by atoms with van der Waals surface area (Å²) in [6, 6.07) is 10.0. The lowest BCUT2D eigenvalue weighted by Gasteiger charge is -2.26. The molecule has 0 saturated carbocycles. The molecule has 1 fully saturated rings. The zero-order valence-electron chi connectivity index (χ0n) is 17.1. The minimum absolute atomic E-state index is 0.0110. The van der Waals surface area contributed by atoms with Gasteiger partial charge in [0.2, 0.25) is 5.95 Å². The second-order valence-corrected chi connectivity index (χ2v) is 7.64. The molecule has 0 bridgehead atoms. The maximum atomic E-state index is 13.6. The first-order chi connectivity index (χ1) is 14.2. The highest BCUT2D eigenvalue weighted by Gasteiger charge is 2.22. The van der Waals surface area contributed by atoms with Gasteiger partial charge in [-0.1, -0.05) is 37.6 Å². The van der Waals surface area contributed by atoms with E-state index in [4.69, 9.17) is 9.72 Å². The Hall–Kier alpha value is -2.73. The van der Waals surface area contributed by atoms with Crippen LogP contribution in [0.5, 0.6) is 0 Å². The number of aromatic nitrogens is 3. The molecule has 29 heavy (non-hydrogen) atoms. The summed E-state index contributed by atoms with van der Waals surface area (Å²) in [5.41, 5.74) is 3.47. The molecule has 1 aliphatic rings. The summed E-state index contributed by atoms with van der Waals surface area (Å²) < 4.78 is 7.42. The molecule has 6 heteroatoms. The van der Waals surface area contributed by atoms with Gasteiger partial charge >= 0.3 is 0 Å². The van der Waals surface area contributed by atoms with Crippen LogP contribution in [0.3, 0.4) is 0 Å². The van der Waals surface area contributed by atoms with Crippen molar-refractivity contribution in [3.63, 3.8) is 0 Å². The molecule has 152 valence electrons. The van der Waals surface area contributed by atoms with E-state index in [2.05, 4.69) is 17.2 Å². The number of aryl methyl sites for hydroxylation is 1. The van der Waals surface area contributed by atoms with Crippen LogP contribution < -0.4 is 10.9 Å². The summed E-state index contributed by atoms with van der Waals surface area (Å²) in [6.45, 7) is 6.35. The summed E-state index contributed by atoms with van der Waals surface area (Å²) in [7, 11) is 0. The van der Waals surface area contributed by atoms with Crippen molar-refractivity contribution in [2.24, 2.45) is 0 Å². The van der Waals surface area contributed by atoms with Crippen LogP contribution >= 0.6 is 0 Å². The topological polar surface area (TPSA) is 69.0 Å². The second-order valence-electron chi connectivity index (χ2n) is 7.64. The van der Waals surface area contributed by atoms with Crippen LogP contribution in [0.25, 0.3) is 22.2 Å². The van der Waals surface area contributed by atoms with Crippen LogP contribution in [0, 0.1) is 6.92 Å². The fourth-order valence-electron chi connectivity index (χ4n) is 3.93. The van der Waals surface area contributed by atoms with Crippen molar-refractivity contribution in [1.29, 1.82) is 0 Å². The predicted molar refractivity (Wildman–Crippen MR) is 116 cm³/mol. The average Bonchev–Trinajstić information content (AvgIpc) is 2.75. The first kappa shape index (κ1) is 19.6. The highest BCUT2D eigenvalue weighted by atomic mass is 16.5. The Kier molecular flexibility index (Phi) is 5.90. The first-order valence-corrected chi connectivity index (χ1v) is 10.5. The van der Waals surface area contributed by atoms with Crippen LogP contribution in [-0.4, -0.2) is 34.3 Å². The van der Waals surface area contributed by atoms with Gasteiger partial charge < -0.3 is 10.1 Å². The number of hydrogen-bond acceptors (Lipinski definition) is 5. The minimum atomic E-state index is 0.0110. The molecule has 4 rings (SSSR count). The van der Waals surface area contributed by atoms with Crippen LogP contribution in [0.4, 0.5) is 5.95 Å². The number of ether oxygens (including phenoxy) is 1. The van der Waals surface area contributed by atoms with Crippen molar-refractivity contribution in [1.82, 2.24) is 14.5 Å². The summed E-state index contributed by atoms with van der Waals surface area (Å²) >= 11 is 0. The number of fused-ring (bicyclic) bond motifs is 1. The van der Waals surface area contributed by atoms with E-state index in [0.29, 0.717) is 30.4 Å². The number of hydrogen-bond donors (Lipinski definition) is 1. The van der Waals surface area contributed by atoms with Crippen LogP contribution in [0.1, 0.15) is 44.2 Å². The van der Waals surface area contributed by atoms with Crippen molar-refractivity contribution >= 4 is 17.0 Å². The van der Waals surface area contributed by atoms with Crippen molar-refractivity contribution in [2.45, 2.75) is 45.6 Å². The maximum absolute atomic E-state index is 13.6. The summed E-state index contributed by atoms with van der Waals surface area (Å²) in [6.07, 6.45) is 5.62. The Labute approximate surface area is 171 Å². The molecular formula is C23H28N4O2. The lowest BCUT2D eigenvalue weighted by molar-refractivity contribution is 0.0697. The van der Waals surface area contributed by atoms with Gasteiger partial charge in [-0.2, -0.15) is 4.98 Å². The SMILES string of the molecule is CCCCNc1ncc2cc(-c3ccccc3C)c(=O)n(C3CCOCC3)c2n1.